The van der Waals surface area contributed by atoms with Gasteiger partial charge in [-0.2, -0.15) is 0 Å². The largest absolute Gasteiger partial charge is 0.382 e. The highest BCUT2D eigenvalue weighted by molar-refractivity contribution is 6.01. The van der Waals surface area contributed by atoms with Crippen LogP contribution in [0.1, 0.15) is 16.1 Å². The molecule has 0 saturated carbocycles. The number of nitrogens with zero attached hydrogens (tertiary/aromatic N) is 2. The Morgan fingerprint density at radius 3 is 2.85 bits per heavy atom. The molecule has 0 aliphatic rings. The van der Waals surface area contributed by atoms with Crippen LogP contribution < -0.4 is 10.6 Å². The first kappa shape index (κ1) is 13.5. The van der Waals surface area contributed by atoms with Crippen molar-refractivity contribution < 1.29 is 14.2 Å². The Morgan fingerprint density at radius 1 is 1.45 bits per heavy atom. The zero-order valence-corrected chi connectivity index (χ0v) is 10.6. The quantitative estimate of drug-likeness (QED) is 0.633. The van der Waals surface area contributed by atoms with Gasteiger partial charge in [-0.1, -0.05) is 11.2 Å². The Balaban J connectivity index is 2.21. The molecular formula is C12H12N4O4. The minimum Gasteiger partial charge on any atom is -0.382 e. The molecule has 0 radical (unpaired) electrons. The molecule has 20 heavy (non-hydrogen) atoms. The second-order valence-corrected chi connectivity index (χ2v) is 3.88. The molecule has 1 aromatic carbocycles. The van der Waals surface area contributed by atoms with Crippen LogP contribution in [0.2, 0.25) is 0 Å². The van der Waals surface area contributed by atoms with Crippen molar-refractivity contribution in [2.45, 2.75) is 6.54 Å². The van der Waals surface area contributed by atoms with E-state index in [9.17, 15) is 14.9 Å². The summed E-state index contributed by atoms with van der Waals surface area (Å²) in [6.07, 6.45) is 1.40. The third kappa shape index (κ3) is 2.74. The summed E-state index contributed by atoms with van der Waals surface area (Å²) in [5.74, 6) is -0.430. The Bertz CT molecular complexity index is 624. The zero-order chi connectivity index (χ0) is 14.5. The van der Waals surface area contributed by atoms with Crippen molar-refractivity contribution >= 4 is 17.3 Å². The second-order valence-electron chi connectivity index (χ2n) is 3.88. The van der Waals surface area contributed by atoms with Gasteiger partial charge in [-0.25, -0.2) is 0 Å². The van der Waals surface area contributed by atoms with Gasteiger partial charge < -0.3 is 15.2 Å². The molecule has 1 amide bonds. The van der Waals surface area contributed by atoms with Gasteiger partial charge in [0.1, 0.15) is 17.6 Å². The monoisotopic (exact) mass is 276 g/mol. The van der Waals surface area contributed by atoms with E-state index in [0.717, 1.165) is 0 Å². The predicted octanol–water partition coefficient (Wildman–Crippen LogP) is 1.55. The molecule has 2 aromatic rings. The number of nitro benzene ring substituents is 1. The molecule has 2 N–H and O–H groups in total. The fraction of sp³-hybridized carbons (Fsp3) is 0.167. The highest BCUT2D eigenvalue weighted by Gasteiger charge is 2.20. The zero-order valence-electron chi connectivity index (χ0n) is 10.6. The maximum Gasteiger partial charge on any atom is 0.293 e. The van der Waals surface area contributed by atoms with Crippen LogP contribution in [0.25, 0.3) is 0 Å². The summed E-state index contributed by atoms with van der Waals surface area (Å²) in [5.41, 5.74) is 0.789. The van der Waals surface area contributed by atoms with Gasteiger partial charge in [0, 0.05) is 19.2 Å². The van der Waals surface area contributed by atoms with Gasteiger partial charge in [0.15, 0.2) is 0 Å². The molecule has 8 heteroatoms. The van der Waals surface area contributed by atoms with Crippen LogP contribution in [0, 0.1) is 10.1 Å². The third-order valence-corrected chi connectivity index (χ3v) is 2.66. The fourth-order valence-corrected chi connectivity index (χ4v) is 1.74. The Labute approximate surface area is 113 Å². The molecule has 0 spiro atoms. The first-order valence-corrected chi connectivity index (χ1v) is 5.76. The minimum absolute atomic E-state index is 0.151. The number of para-hydroxylation sites is 1. The van der Waals surface area contributed by atoms with E-state index >= 15 is 0 Å². The maximum absolute atomic E-state index is 12.1. The summed E-state index contributed by atoms with van der Waals surface area (Å²) in [5, 5.41) is 19.9. The Kier molecular flexibility index (Phi) is 3.94. The number of rotatable bonds is 5. The summed E-state index contributed by atoms with van der Waals surface area (Å²) in [7, 11) is 1.52. The van der Waals surface area contributed by atoms with Crippen LogP contribution >= 0.6 is 0 Å². The van der Waals surface area contributed by atoms with Crippen LogP contribution in [-0.2, 0) is 6.54 Å². The average Bonchev–Trinajstić information content (AvgIpc) is 2.97. The molecule has 0 unspecified atom stereocenters. The maximum atomic E-state index is 12.1. The third-order valence-electron chi connectivity index (χ3n) is 2.66. The Hall–Kier alpha value is -2.90. The van der Waals surface area contributed by atoms with Gasteiger partial charge in [0.25, 0.3) is 11.6 Å². The summed E-state index contributed by atoms with van der Waals surface area (Å²) >= 11 is 0. The number of aromatic nitrogens is 1. The number of nitrogens with one attached hydrogen (secondary N) is 2. The van der Waals surface area contributed by atoms with Crippen molar-refractivity contribution in [2.75, 3.05) is 12.4 Å². The van der Waals surface area contributed by atoms with Crippen molar-refractivity contribution in [1.82, 2.24) is 10.5 Å². The lowest BCUT2D eigenvalue weighted by Gasteiger charge is -2.09. The van der Waals surface area contributed by atoms with Crippen molar-refractivity contribution in [3.8, 4) is 0 Å². The normalized spacial score (nSPS) is 10.1. The standard InChI is InChI=1S/C12H12N4O4/c1-13-11-9(3-2-4-10(11)16(18)19)12(17)14-7-8-5-6-20-15-8/h2-6,13H,7H2,1H3,(H,14,17). The van der Waals surface area contributed by atoms with Gasteiger partial charge in [-0.3, -0.25) is 14.9 Å². The minimum atomic E-state index is -0.541. The van der Waals surface area contributed by atoms with Gasteiger partial charge in [0.2, 0.25) is 0 Å². The van der Waals surface area contributed by atoms with Crippen molar-refractivity contribution in [1.29, 1.82) is 0 Å². The molecule has 8 nitrogen and oxygen atoms in total. The lowest BCUT2D eigenvalue weighted by molar-refractivity contribution is -0.384. The first-order valence-electron chi connectivity index (χ1n) is 5.76. The van der Waals surface area contributed by atoms with Crippen molar-refractivity contribution in [2.24, 2.45) is 0 Å². The van der Waals surface area contributed by atoms with Crippen LogP contribution in [0.5, 0.6) is 0 Å². The molecule has 0 aliphatic carbocycles. The van der Waals surface area contributed by atoms with Gasteiger partial charge in [-0.15, -0.1) is 0 Å². The highest BCUT2D eigenvalue weighted by Crippen LogP contribution is 2.27. The Morgan fingerprint density at radius 2 is 2.25 bits per heavy atom. The van der Waals surface area contributed by atoms with Crippen LogP contribution in [-0.4, -0.2) is 23.0 Å². The first-order chi connectivity index (χ1) is 9.63. The number of hydrogen-bond acceptors (Lipinski definition) is 6. The fourth-order valence-electron chi connectivity index (χ4n) is 1.74. The molecule has 0 bridgehead atoms. The number of carbonyl (C=O) groups is 1. The van der Waals surface area contributed by atoms with E-state index in [-0.39, 0.29) is 23.5 Å². The second kappa shape index (κ2) is 5.83. The molecule has 1 heterocycles. The highest BCUT2D eigenvalue weighted by atomic mass is 16.6. The van der Waals surface area contributed by atoms with Crippen LogP contribution in [0.3, 0.4) is 0 Å². The lowest BCUT2D eigenvalue weighted by Crippen LogP contribution is -2.24. The molecule has 0 atom stereocenters. The average molecular weight is 276 g/mol. The summed E-state index contributed by atoms with van der Waals surface area (Å²) in [6.45, 7) is 0.182. The molecule has 0 saturated heterocycles. The number of hydrogen-bond donors (Lipinski definition) is 2. The van der Waals surface area contributed by atoms with Crippen LogP contribution in [0.4, 0.5) is 11.4 Å². The summed E-state index contributed by atoms with van der Waals surface area (Å²) < 4.78 is 4.65. The number of benzene rings is 1. The SMILES string of the molecule is CNc1c(C(=O)NCc2ccon2)cccc1[N+](=O)[O-]. The summed E-state index contributed by atoms with van der Waals surface area (Å²) in [4.78, 5) is 22.4. The van der Waals surface area contributed by atoms with E-state index in [0.29, 0.717) is 5.69 Å². The molecule has 104 valence electrons. The van der Waals surface area contributed by atoms with E-state index < -0.39 is 10.8 Å². The van der Waals surface area contributed by atoms with E-state index in [4.69, 9.17) is 0 Å². The van der Waals surface area contributed by atoms with E-state index in [1.54, 1.807) is 6.07 Å². The number of amides is 1. The molecule has 0 fully saturated rings. The van der Waals surface area contributed by atoms with E-state index in [1.165, 1.54) is 31.5 Å². The lowest BCUT2D eigenvalue weighted by atomic mass is 10.1. The van der Waals surface area contributed by atoms with Crippen LogP contribution in [0.15, 0.2) is 35.1 Å². The van der Waals surface area contributed by atoms with Crippen molar-refractivity contribution in [3.05, 3.63) is 51.9 Å². The van der Waals surface area contributed by atoms with Crippen molar-refractivity contribution in [3.63, 3.8) is 0 Å². The van der Waals surface area contributed by atoms with Gasteiger partial charge >= 0.3 is 0 Å². The van der Waals surface area contributed by atoms with Gasteiger partial charge in [-0.05, 0) is 6.07 Å². The molecule has 2 rings (SSSR count). The predicted molar refractivity (Wildman–Crippen MR) is 70.3 cm³/mol. The topological polar surface area (TPSA) is 110 Å². The molecule has 1 aromatic heterocycles. The molecular weight excluding hydrogens is 264 g/mol. The number of nitro groups is 1. The molecule has 0 aliphatic heterocycles. The number of carbonyl (C=O) groups excluding carboxylic acids is 1. The number of anilines is 1. The smallest absolute Gasteiger partial charge is 0.293 e. The van der Waals surface area contributed by atoms with E-state index in [1.807, 2.05) is 0 Å². The summed E-state index contributed by atoms with van der Waals surface area (Å²) in [6, 6.07) is 5.92. The van der Waals surface area contributed by atoms with Gasteiger partial charge in [0.05, 0.1) is 17.0 Å². The van der Waals surface area contributed by atoms with E-state index in [2.05, 4.69) is 20.3 Å².